The van der Waals surface area contributed by atoms with Crippen molar-refractivity contribution in [3.63, 3.8) is 0 Å². The van der Waals surface area contributed by atoms with Crippen molar-refractivity contribution in [1.29, 1.82) is 0 Å². The molecule has 0 aromatic rings. The molecule has 33 heavy (non-hydrogen) atoms. The number of hydrogen-bond acceptors (Lipinski definition) is 6. The Kier molecular flexibility index (Phi) is 14.0. The van der Waals surface area contributed by atoms with E-state index in [1.807, 2.05) is 39.9 Å². The SMILES string of the molecule is C.C.C=C1OCCN1C.CN1C(=O)OCC1(C)C.CN1CCN(C)C1=O.CN1CCNC1=O. The smallest absolute Gasteiger partial charge is 0.410 e. The predicted octanol–water partition coefficient (Wildman–Crippen LogP) is 2.16. The molecule has 0 aliphatic carbocycles. The molecule has 194 valence electrons. The first-order valence-electron chi connectivity index (χ1n) is 10.3. The summed E-state index contributed by atoms with van der Waals surface area (Å²) in [6.45, 7) is 13.3. The number of nitrogens with zero attached hydrogens (tertiary/aromatic N) is 5. The largest absolute Gasteiger partial charge is 0.478 e. The molecule has 0 aromatic heterocycles. The number of cyclic esters (lactones) is 1. The van der Waals surface area contributed by atoms with Crippen molar-refractivity contribution in [3.05, 3.63) is 12.5 Å². The Morgan fingerprint density at radius 1 is 0.818 bits per heavy atom. The van der Waals surface area contributed by atoms with E-state index in [0.717, 1.165) is 45.2 Å². The van der Waals surface area contributed by atoms with Crippen molar-refractivity contribution in [2.45, 2.75) is 34.2 Å². The van der Waals surface area contributed by atoms with Crippen LogP contribution < -0.4 is 5.32 Å². The van der Waals surface area contributed by atoms with Gasteiger partial charge in [-0.05, 0) is 20.4 Å². The van der Waals surface area contributed by atoms with E-state index in [0.29, 0.717) is 6.61 Å². The van der Waals surface area contributed by atoms with E-state index >= 15 is 0 Å². The lowest BCUT2D eigenvalue weighted by Gasteiger charge is -2.22. The summed E-state index contributed by atoms with van der Waals surface area (Å²) in [6.07, 6.45) is -0.222. The molecule has 4 aliphatic heterocycles. The van der Waals surface area contributed by atoms with E-state index in [1.165, 1.54) is 0 Å². The summed E-state index contributed by atoms with van der Waals surface area (Å²) in [6, 6.07) is 0.171. The van der Waals surface area contributed by atoms with E-state index in [1.54, 1.807) is 33.7 Å². The number of urea groups is 2. The molecular formula is C22H46N6O5. The van der Waals surface area contributed by atoms with Gasteiger partial charge in [0, 0.05) is 61.4 Å². The highest BCUT2D eigenvalue weighted by molar-refractivity contribution is 5.76. The number of rotatable bonds is 0. The maximum atomic E-state index is 10.8. The van der Waals surface area contributed by atoms with Gasteiger partial charge in [0.25, 0.3) is 0 Å². The second kappa shape index (κ2) is 14.3. The van der Waals surface area contributed by atoms with Crippen molar-refractivity contribution in [3.8, 4) is 0 Å². The summed E-state index contributed by atoms with van der Waals surface area (Å²) >= 11 is 0. The van der Waals surface area contributed by atoms with Crippen molar-refractivity contribution in [2.75, 3.05) is 81.2 Å². The fraction of sp³-hybridized carbons (Fsp3) is 0.773. The monoisotopic (exact) mass is 474 g/mol. The molecule has 11 nitrogen and oxygen atoms in total. The zero-order valence-corrected chi connectivity index (χ0v) is 19.9. The average Bonchev–Trinajstić information content (AvgIpc) is 3.43. The number of amides is 5. The third-order valence-electron chi connectivity index (χ3n) is 5.35. The molecule has 0 saturated carbocycles. The van der Waals surface area contributed by atoms with Gasteiger partial charge in [-0.1, -0.05) is 14.9 Å². The molecule has 11 heteroatoms. The number of carbonyl (C=O) groups excluding carboxylic acids is 3. The van der Waals surface area contributed by atoms with Crippen LogP contribution in [0, 0.1) is 0 Å². The van der Waals surface area contributed by atoms with Crippen LogP contribution in [0.3, 0.4) is 0 Å². The molecule has 4 rings (SSSR count). The minimum Gasteiger partial charge on any atom is -0.478 e. The quantitative estimate of drug-likeness (QED) is 0.578. The van der Waals surface area contributed by atoms with Crippen molar-refractivity contribution >= 4 is 18.2 Å². The van der Waals surface area contributed by atoms with Crippen molar-refractivity contribution in [1.82, 2.24) is 29.8 Å². The standard InChI is InChI=1S/C6H11NO2.C5H10N2O.C5H9NO.C4H8N2O.2CH4/c1-6(2)4-9-5(8)7(6)3;1-6-3-4-7(2)5(6)8;1-5-6(2)3-4-7-5;1-6-3-2-5-4(6)7;;/h4H2,1-3H3;3-4H2,1-2H3;1,3-4H2,2H3;2-3H2,1H3,(H,5,7);2*1H4. The fourth-order valence-electron chi connectivity index (χ4n) is 2.56. The van der Waals surface area contributed by atoms with Crippen molar-refractivity contribution < 1.29 is 23.9 Å². The molecule has 0 aromatic carbocycles. The second-order valence-corrected chi connectivity index (χ2v) is 8.37. The lowest BCUT2D eigenvalue weighted by molar-refractivity contribution is 0.163. The first-order chi connectivity index (χ1) is 14.4. The summed E-state index contributed by atoms with van der Waals surface area (Å²) in [5.41, 5.74) is -0.114. The second-order valence-electron chi connectivity index (χ2n) is 8.37. The van der Waals surface area contributed by atoms with Crippen LogP contribution in [0.5, 0.6) is 0 Å². The van der Waals surface area contributed by atoms with Crippen LogP contribution in [-0.2, 0) is 9.47 Å². The Morgan fingerprint density at radius 3 is 1.48 bits per heavy atom. The summed E-state index contributed by atoms with van der Waals surface area (Å²) < 4.78 is 9.76. The number of carbonyl (C=O) groups is 3. The normalized spacial score (nSPS) is 20.2. The van der Waals surface area contributed by atoms with Crippen LogP contribution in [0.4, 0.5) is 14.4 Å². The summed E-state index contributed by atoms with van der Waals surface area (Å²) in [5.74, 6) is 0.792. The van der Waals surface area contributed by atoms with Gasteiger partial charge >= 0.3 is 18.2 Å². The molecule has 1 N–H and O–H groups in total. The molecule has 4 saturated heterocycles. The fourth-order valence-corrected chi connectivity index (χ4v) is 2.56. The molecule has 0 bridgehead atoms. The maximum Gasteiger partial charge on any atom is 0.410 e. The van der Waals surface area contributed by atoms with Gasteiger partial charge in [-0.25, -0.2) is 14.4 Å². The van der Waals surface area contributed by atoms with E-state index in [9.17, 15) is 14.4 Å². The van der Waals surface area contributed by atoms with Crippen LogP contribution in [0.2, 0.25) is 0 Å². The molecule has 0 spiro atoms. The third-order valence-corrected chi connectivity index (χ3v) is 5.35. The maximum absolute atomic E-state index is 10.8. The molecule has 0 unspecified atom stereocenters. The molecule has 0 radical (unpaired) electrons. The summed E-state index contributed by atoms with van der Waals surface area (Å²) in [5, 5.41) is 2.66. The van der Waals surface area contributed by atoms with Crippen LogP contribution in [-0.4, -0.2) is 129 Å². The van der Waals surface area contributed by atoms with E-state index in [-0.39, 0.29) is 38.5 Å². The average molecular weight is 475 g/mol. The Morgan fingerprint density at radius 2 is 1.36 bits per heavy atom. The van der Waals surface area contributed by atoms with Gasteiger partial charge in [0.05, 0.1) is 12.1 Å². The van der Waals surface area contributed by atoms with E-state index < -0.39 is 0 Å². The minimum absolute atomic E-state index is 0. The van der Waals surface area contributed by atoms with Gasteiger partial charge < -0.3 is 39.3 Å². The lowest BCUT2D eigenvalue weighted by atomic mass is 10.1. The third kappa shape index (κ3) is 10.1. The van der Waals surface area contributed by atoms with Crippen LogP contribution >= 0.6 is 0 Å². The van der Waals surface area contributed by atoms with Gasteiger partial charge in [0.15, 0.2) is 5.88 Å². The molecule has 4 aliphatic rings. The van der Waals surface area contributed by atoms with Crippen LogP contribution in [0.15, 0.2) is 12.5 Å². The van der Waals surface area contributed by atoms with Crippen molar-refractivity contribution in [2.24, 2.45) is 0 Å². The van der Waals surface area contributed by atoms with Crippen LogP contribution in [0.25, 0.3) is 0 Å². The topological polar surface area (TPSA) is 97.9 Å². The minimum atomic E-state index is -0.222. The summed E-state index contributed by atoms with van der Waals surface area (Å²) in [7, 11) is 9.12. The molecule has 4 fully saturated rings. The van der Waals surface area contributed by atoms with E-state index in [2.05, 4.69) is 11.9 Å². The van der Waals surface area contributed by atoms with Crippen LogP contribution in [0.1, 0.15) is 28.7 Å². The number of hydrogen-bond donors (Lipinski definition) is 1. The molecule has 5 amide bonds. The molecule has 0 atom stereocenters. The zero-order valence-electron chi connectivity index (χ0n) is 19.9. The highest BCUT2D eigenvalue weighted by Gasteiger charge is 2.36. The first-order valence-corrected chi connectivity index (χ1v) is 10.3. The Labute approximate surface area is 200 Å². The zero-order chi connectivity index (χ0) is 23.8. The lowest BCUT2D eigenvalue weighted by Crippen LogP contribution is -2.38. The van der Waals surface area contributed by atoms with Gasteiger partial charge in [-0.3, -0.25) is 0 Å². The highest BCUT2D eigenvalue weighted by atomic mass is 16.6. The predicted molar refractivity (Wildman–Crippen MR) is 131 cm³/mol. The Balaban J connectivity index is 0. The summed E-state index contributed by atoms with van der Waals surface area (Å²) in [4.78, 5) is 40.5. The van der Waals surface area contributed by atoms with Gasteiger partial charge in [0.1, 0.15) is 13.2 Å². The van der Waals surface area contributed by atoms with Gasteiger partial charge in [0.2, 0.25) is 0 Å². The Hall–Kier alpha value is -2.85. The van der Waals surface area contributed by atoms with Gasteiger partial charge in [-0.15, -0.1) is 0 Å². The van der Waals surface area contributed by atoms with Gasteiger partial charge in [-0.2, -0.15) is 0 Å². The number of ether oxygens (including phenoxy) is 2. The number of nitrogens with one attached hydrogen (secondary N) is 1. The highest BCUT2D eigenvalue weighted by Crippen LogP contribution is 2.20. The molecule has 4 heterocycles. The first kappa shape index (κ1) is 32.3. The Bertz CT molecular complexity index is 621. The van der Waals surface area contributed by atoms with E-state index in [4.69, 9.17) is 9.47 Å². The number of likely N-dealkylation sites (N-methyl/N-ethyl adjacent to an activating group) is 5. The molecular weight excluding hydrogens is 428 g/mol.